The van der Waals surface area contributed by atoms with Crippen LogP contribution in [-0.4, -0.2) is 11.1 Å². The van der Waals surface area contributed by atoms with Crippen LogP contribution in [0.2, 0.25) is 0 Å². The standard InChI is InChI=1S/C24H42N2/c1-5-13-21(14-6-1)23(17-9-3-10-18-23)25-26-24(19-11-4-12-20-24)22-15-7-2-8-16-22/h21-22H,1-20H2. The number of hydrogen-bond donors (Lipinski definition) is 0. The Hall–Kier alpha value is -0.400. The van der Waals surface area contributed by atoms with Crippen LogP contribution in [0.5, 0.6) is 0 Å². The van der Waals surface area contributed by atoms with Gasteiger partial charge in [0.1, 0.15) is 0 Å². The van der Waals surface area contributed by atoms with Gasteiger partial charge in [-0.1, -0.05) is 77.0 Å². The van der Waals surface area contributed by atoms with Crippen LogP contribution in [0.1, 0.15) is 128 Å². The topological polar surface area (TPSA) is 24.7 Å². The molecule has 26 heavy (non-hydrogen) atoms. The molecule has 0 bridgehead atoms. The molecule has 4 rings (SSSR count). The first-order valence-corrected chi connectivity index (χ1v) is 12.3. The first-order valence-electron chi connectivity index (χ1n) is 12.3. The highest BCUT2D eigenvalue weighted by molar-refractivity contribution is 5.01. The number of hydrogen-bond acceptors (Lipinski definition) is 2. The summed E-state index contributed by atoms with van der Waals surface area (Å²) in [5, 5.41) is 10.9. The van der Waals surface area contributed by atoms with Gasteiger partial charge in [0.2, 0.25) is 0 Å². The van der Waals surface area contributed by atoms with E-state index in [0.29, 0.717) is 0 Å². The predicted octanol–water partition coefficient (Wildman–Crippen LogP) is 8.01. The van der Waals surface area contributed by atoms with Crippen molar-refractivity contribution in [1.29, 1.82) is 0 Å². The summed E-state index contributed by atoms with van der Waals surface area (Å²) in [6.07, 6.45) is 28.1. The molecule has 0 aromatic rings. The molecule has 0 aromatic carbocycles. The lowest BCUT2D eigenvalue weighted by Crippen LogP contribution is -2.42. The summed E-state index contributed by atoms with van der Waals surface area (Å²) >= 11 is 0. The molecule has 0 saturated heterocycles. The molecular weight excluding hydrogens is 316 g/mol. The molecule has 0 unspecified atom stereocenters. The van der Waals surface area contributed by atoms with Crippen LogP contribution in [0.15, 0.2) is 10.2 Å². The van der Waals surface area contributed by atoms with Gasteiger partial charge < -0.3 is 0 Å². The van der Waals surface area contributed by atoms with Crippen LogP contribution >= 0.6 is 0 Å². The molecule has 2 nitrogen and oxygen atoms in total. The molecule has 4 aliphatic rings. The van der Waals surface area contributed by atoms with Crippen molar-refractivity contribution < 1.29 is 0 Å². The highest BCUT2D eigenvalue weighted by Crippen LogP contribution is 2.48. The molecule has 0 radical (unpaired) electrons. The van der Waals surface area contributed by atoms with E-state index in [9.17, 15) is 0 Å². The van der Waals surface area contributed by atoms with Gasteiger partial charge in [-0.05, 0) is 63.2 Å². The van der Waals surface area contributed by atoms with E-state index in [4.69, 9.17) is 10.2 Å². The van der Waals surface area contributed by atoms with Crippen LogP contribution in [-0.2, 0) is 0 Å². The maximum atomic E-state index is 5.43. The molecule has 0 N–H and O–H groups in total. The molecule has 0 aliphatic heterocycles. The lowest BCUT2D eigenvalue weighted by atomic mass is 9.67. The highest BCUT2D eigenvalue weighted by atomic mass is 15.2. The van der Waals surface area contributed by atoms with E-state index >= 15 is 0 Å². The van der Waals surface area contributed by atoms with Crippen LogP contribution in [0.3, 0.4) is 0 Å². The van der Waals surface area contributed by atoms with Crippen molar-refractivity contribution >= 4 is 0 Å². The third-order valence-electron chi connectivity index (χ3n) is 8.62. The second kappa shape index (κ2) is 8.74. The Morgan fingerprint density at radius 3 is 1.04 bits per heavy atom. The van der Waals surface area contributed by atoms with Crippen molar-refractivity contribution in [2.45, 2.75) is 139 Å². The Labute approximate surface area is 162 Å². The summed E-state index contributed by atoms with van der Waals surface area (Å²) < 4.78 is 0. The Morgan fingerprint density at radius 2 is 0.692 bits per heavy atom. The zero-order chi connectivity index (χ0) is 17.7. The normalized spacial score (nSPS) is 31.2. The van der Waals surface area contributed by atoms with Crippen molar-refractivity contribution in [3.05, 3.63) is 0 Å². The fourth-order valence-corrected chi connectivity index (χ4v) is 6.99. The van der Waals surface area contributed by atoms with Gasteiger partial charge in [0, 0.05) is 0 Å². The maximum absolute atomic E-state index is 5.43. The molecule has 0 aromatic heterocycles. The Morgan fingerprint density at radius 1 is 0.385 bits per heavy atom. The SMILES string of the molecule is C1CCC(C2(N=NC3(C4CCCCC4)CCCCC3)CCCCC2)CC1. The predicted molar refractivity (Wildman–Crippen MR) is 110 cm³/mol. The van der Waals surface area contributed by atoms with E-state index in [1.165, 1.54) is 128 Å². The second-order valence-corrected chi connectivity index (χ2v) is 10.2. The third kappa shape index (κ3) is 4.04. The zero-order valence-electron chi connectivity index (χ0n) is 17.2. The zero-order valence-corrected chi connectivity index (χ0v) is 17.2. The van der Waals surface area contributed by atoms with Crippen LogP contribution in [0.25, 0.3) is 0 Å². The number of nitrogens with zero attached hydrogens (tertiary/aromatic N) is 2. The second-order valence-electron chi connectivity index (χ2n) is 10.2. The van der Waals surface area contributed by atoms with Crippen molar-refractivity contribution in [3.8, 4) is 0 Å². The van der Waals surface area contributed by atoms with Crippen molar-refractivity contribution in [3.63, 3.8) is 0 Å². The summed E-state index contributed by atoms with van der Waals surface area (Å²) in [4.78, 5) is 0. The minimum absolute atomic E-state index is 0.234. The first kappa shape index (κ1) is 18.9. The quantitative estimate of drug-likeness (QED) is 0.455. The van der Waals surface area contributed by atoms with Crippen LogP contribution in [0.4, 0.5) is 0 Å². The third-order valence-corrected chi connectivity index (χ3v) is 8.62. The molecule has 4 aliphatic carbocycles. The summed E-state index contributed by atoms with van der Waals surface area (Å²) in [6.45, 7) is 0. The molecule has 148 valence electrons. The Kier molecular flexibility index (Phi) is 6.36. The monoisotopic (exact) mass is 358 g/mol. The fraction of sp³-hybridized carbons (Fsp3) is 1.00. The van der Waals surface area contributed by atoms with Gasteiger partial charge in [0.15, 0.2) is 0 Å². The number of rotatable bonds is 4. The Bertz CT molecular complexity index is 403. The van der Waals surface area contributed by atoms with Crippen molar-refractivity contribution in [2.24, 2.45) is 22.1 Å². The van der Waals surface area contributed by atoms with E-state index < -0.39 is 0 Å². The lowest BCUT2D eigenvalue weighted by molar-refractivity contribution is 0.114. The maximum Gasteiger partial charge on any atom is 0.0844 e. The molecule has 4 fully saturated rings. The minimum atomic E-state index is 0.234. The minimum Gasteiger partial charge on any atom is -0.187 e. The first-order chi connectivity index (χ1) is 12.8. The van der Waals surface area contributed by atoms with E-state index in [1.807, 2.05) is 0 Å². The van der Waals surface area contributed by atoms with Gasteiger partial charge in [-0.15, -0.1) is 0 Å². The molecule has 4 saturated carbocycles. The Balaban J connectivity index is 1.57. The van der Waals surface area contributed by atoms with Gasteiger partial charge in [-0.3, -0.25) is 0 Å². The van der Waals surface area contributed by atoms with Crippen LogP contribution in [0, 0.1) is 11.8 Å². The number of azo groups is 1. The molecule has 0 atom stereocenters. The van der Waals surface area contributed by atoms with E-state index in [1.54, 1.807) is 0 Å². The average molecular weight is 359 g/mol. The molecule has 0 spiro atoms. The van der Waals surface area contributed by atoms with Gasteiger partial charge in [0.25, 0.3) is 0 Å². The van der Waals surface area contributed by atoms with Gasteiger partial charge in [-0.25, -0.2) is 0 Å². The lowest BCUT2D eigenvalue weighted by Gasteiger charge is -2.45. The summed E-state index contributed by atoms with van der Waals surface area (Å²) in [5.74, 6) is 1.68. The van der Waals surface area contributed by atoms with Crippen LogP contribution < -0.4 is 0 Å². The van der Waals surface area contributed by atoms with Crippen molar-refractivity contribution in [2.75, 3.05) is 0 Å². The van der Waals surface area contributed by atoms with Gasteiger partial charge >= 0.3 is 0 Å². The van der Waals surface area contributed by atoms with Crippen molar-refractivity contribution in [1.82, 2.24) is 0 Å². The van der Waals surface area contributed by atoms with Gasteiger partial charge in [0.05, 0.1) is 11.1 Å². The summed E-state index contributed by atoms with van der Waals surface area (Å²) in [5.41, 5.74) is 0.468. The summed E-state index contributed by atoms with van der Waals surface area (Å²) in [6, 6.07) is 0. The molecular formula is C24H42N2. The van der Waals surface area contributed by atoms with E-state index in [-0.39, 0.29) is 11.1 Å². The summed E-state index contributed by atoms with van der Waals surface area (Å²) in [7, 11) is 0. The molecule has 0 amide bonds. The highest BCUT2D eigenvalue weighted by Gasteiger charge is 2.44. The smallest absolute Gasteiger partial charge is 0.0844 e. The van der Waals surface area contributed by atoms with E-state index in [0.717, 1.165) is 11.8 Å². The average Bonchev–Trinajstić information content (AvgIpc) is 2.75. The van der Waals surface area contributed by atoms with Gasteiger partial charge in [-0.2, -0.15) is 10.2 Å². The van der Waals surface area contributed by atoms with E-state index in [2.05, 4.69) is 0 Å². The fourth-order valence-electron chi connectivity index (χ4n) is 6.99. The molecule has 2 heteroatoms. The largest absolute Gasteiger partial charge is 0.187 e. The molecule has 0 heterocycles.